The average molecular weight is 356 g/mol. The molecule has 0 aliphatic carbocycles. The van der Waals surface area contributed by atoms with E-state index < -0.39 is 0 Å². The Hall–Kier alpha value is -1.39. The topological polar surface area (TPSA) is 47.3 Å². The Balaban J connectivity index is 2.27. The number of nitrogens with two attached hydrogens (primary N) is 1. The van der Waals surface area contributed by atoms with Gasteiger partial charge in [0.05, 0.1) is 23.7 Å². The maximum absolute atomic E-state index is 6.12. The van der Waals surface area contributed by atoms with E-state index in [1.54, 1.807) is 0 Å². The number of para-hydroxylation sites is 1. The zero-order chi connectivity index (χ0) is 14.5. The Kier molecular flexibility index (Phi) is 5.15. The van der Waals surface area contributed by atoms with Crippen molar-refractivity contribution in [2.45, 2.75) is 13.3 Å². The van der Waals surface area contributed by atoms with Crippen LogP contribution in [-0.2, 0) is 0 Å². The monoisotopic (exact) mass is 354 g/mol. The molecule has 2 aromatic rings. The van der Waals surface area contributed by atoms with Gasteiger partial charge < -0.3 is 15.8 Å². The molecule has 0 aliphatic heterocycles. The summed E-state index contributed by atoms with van der Waals surface area (Å²) >= 11 is 9.49. The lowest BCUT2D eigenvalue weighted by atomic mass is 10.2. The summed E-state index contributed by atoms with van der Waals surface area (Å²) in [6.07, 6.45) is 0.941. The molecule has 0 amide bonds. The molecule has 5 heteroatoms. The first kappa shape index (κ1) is 15.0. The van der Waals surface area contributed by atoms with E-state index in [1.165, 1.54) is 0 Å². The minimum absolute atomic E-state index is 0.591. The van der Waals surface area contributed by atoms with Crippen LogP contribution in [0.4, 0.5) is 17.1 Å². The molecule has 3 nitrogen and oxygen atoms in total. The molecule has 3 N–H and O–H groups in total. The van der Waals surface area contributed by atoms with E-state index in [9.17, 15) is 0 Å². The van der Waals surface area contributed by atoms with Crippen LogP contribution in [0.2, 0.25) is 5.02 Å². The smallest absolute Gasteiger partial charge is 0.144 e. The van der Waals surface area contributed by atoms with Gasteiger partial charge in [0.15, 0.2) is 0 Å². The summed E-state index contributed by atoms with van der Waals surface area (Å²) in [4.78, 5) is 0. The maximum Gasteiger partial charge on any atom is 0.144 e. The quantitative estimate of drug-likeness (QED) is 0.723. The molecule has 0 radical (unpaired) electrons. The highest BCUT2D eigenvalue weighted by Gasteiger charge is 2.08. The van der Waals surface area contributed by atoms with Crippen molar-refractivity contribution in [3.8, 4) is 5.75 Å². The highest BCUT2D eigenvalue weighted by Crippen LogP contribution is 2.34. The van der Waals surface area contributed by atoms with Crippen molar-refractivity contribution in [3.63, 3.8) is 0 Å². The Morgan fingerprint density at radius 3 is 2.80 bits per heavy atom. The van der Waals surface area contributed by atoms with E-state index in [4.69, 9.17) is 22.1 Å². The van der Waals surface area contributed by atoms with Gasteiger partial charge in [-0.2, -0.15) is 0 Å². The van der Waals surface area contributed by atoms with Crippen molar-refractivity contribution in [1.82, 2.24) is 0 Å². The second-order valence-electron chi connectivity index (χ2n) is 4.32. The van der Waals surface area contributed by atoms with Gasteiger partial charge in [0.1, 0.15) is 5.75 Å². The number of hydrogen-bond donors (Lipinski definition) is 2. The molecule has 2 aromatic carbocycles. The standard InChI is InChI=1S/C15H16BrClN2O/c1-2-8-20-14-5-3-4-12(15(14)18)19-13-9-10(17)6-7-11(13)16/h3-7,9,19H,2,8,18H2,1H3. The van der Waals surface area contributed by atoms with Gasteiger partial charge >= 0.3 is 0 Å². The van der Waals surface area contributed by atoms with Crippen molar-refractivity contribution in [1.29, 1.82) is 0 Å². The number of benzene rings is 2. The molecule has 0 aliphatic rings. The number of nitrogens with one attached hydrogen (secondary N) is 1. The number of anilines is 3. The van der Waals surface area contributed by atoms with Crippen molar-refractivity contribution < 1.29 is 4.74 Å². The highest BCUT2D eigenvalue weighted by atomic mass is 79.9. The zero-order valence-electron chi connectivity index (χ0n) is 11.1. The summed E-state index contributed by atoms with van der Waals surface area (Å²) in [5, 5.41) is 3.92. The molecule has 0 heterocycles. The van der Waals surface area contributed by atoms with Gasteiger partial charge in [0.25, 0.3) is 0 Å². The van der Waals surface area contributed by atoms with Gasteiger partial charge in [0.2, 0.25) is 0 Å². The fraction of sp³-hybridized carbons (Fsp3) is 0.200. The zero-order valence-corrected chi connectivity index (χ0v) is 13.5. The fourth-order valence-electron chi connectivity index (χ4n) is 1.73. The SMILES string of the molecule is CCCOc1cccc(Nc2cc(Cl)ccc2Br)c1N. The van der Waals surface area contributed by atoms with E-state index in [-0.39, 0.29) is 0 Å². The average Bonchev–Trinajstić information content (AvgIpc) is 2.44. The van der Waals surface area contributed by atoms with Crippen LogP contribution >= 0.6 is 27.5 Å². The Morgan fingerprint density at radius 1 is 1.25 bits per heavy atom. The normalized spacial score (nSPS) is 10.3. The Bertz CT molecular complexity index is 604. The third kappa shape index (κ3) is 3.58. The first-order valence-electron chi connectivity index (χ1n) is 6.35. The van der Waals surface area contributed by atoms with E-state index in [1.807, 2.05) is 36.4 Å². The third-order valence-corrected chi connectivity index (χ3v) is 3.65. The fourth-order valence-corrected chi connectivity index (χ4v) is 2.25. The summed E-state index contributed by atoms with van der Waals surface area (Å²) in [6.45, 7) is 2.70. The molecule has 0 saturated carbocycles. The van der Waals surface area contributed by atoms with E-state index >= 15 is 0 Å². The van der Waals surface area contributed by atoms with Crippen molar-refractivity contribution in [3.05, 3.63) is 45.9 Å². The van der Waals surface area contributed by atoms with Gasteiger partial charge in [-0.15, -0.1) is 0 Å². The van der Waals surface area contributed by atoms with E-state index in [0.717, 1.165) is 22.3 Å². The Morgan fingerprint density at radius 2 is 2.05 bits per heavy atom. The van der Waals surface area contributed by atoms with Gasteiger partial charge in [-0.1, -0.05) is 24.6 Å². The van der Waals surface area contributed by atoms with E-state index in [2.05, 4.69) is 28.2 Å². The highest BCUT2D eigenvalue weighted by molar-refractivity contribution is 9.10. The lowest BCUT2D eigenvalue weighted by Gasteiger charge is -2.14. The van der Waals surface area contributed by atoms with Gasteiger partial charge in [-0.05, 0) is 52.7 Å². The second kappa shape index (κ2) is 6.86. The summed E-state index contributed by atoms with van der Waals surface area (Å²) in [7, 11) is 0. The molecular formula is C15H16BrClN2O. The molecule has 20 heavy (non-hydrogen) atoms. The first-order valence-corrected chi connectivity index (χ1v) is 7.52. The molecule has 0 atom stereocenters. The third-order valence-electron chi connectivity index (χ3n) is 2.73. The molecule has 106 valence electrons. The minimum atomic E-state index is 0.591. The van der Waals surface area contributed by atoms with Crippen LogP contribution in [-0.4, -0.2) is 6.61 Å². The number of hydrogen-bond acceptors (Lipinski definition) is 3. The minimum Gasteiger partial charge on any atom is -0.491 e. The van der Waals surface area contributed by atoms with Crippen molar-refractivity contribution in [2.75, 3.05) is 17.7 Å². The van der Waals surface area contributed by atoms with Gasteiger partial charge in [-0.25, -0.2) is 0 Å². The van der Waals surface area contributed by atoms with Gasteiger partial charge in [0, 0.05) is 9.50 Å². The van der Waals surface area contributed by atoms with Crippen LogP contribution in [0.3, 0.4) is 0 Å². The second-order valence-corrected chi connectivity index (χ2v) is 5.61. The maximum atomic E-state index is 6.12. The van der Waals surface area contributed by atoms with Crippen LogP contribution < -0.4 is 15.8 Å². The molecule has 0 saturated heterocycles. The predicted molar refractivity (Wildman–Crippen MR) is 89.1 cm³/mol. The molecule has 2 rings (SSSR count). The van der Waals surface area contributed by atoms with Crippen molar-refractivity contribution >= 4 is 44.6 Å². The largest absolute Gasteiger partial charge is 0.491 e. The van der Waals surface area contributed by atoms with Crippen LogP contribution in [0.15, 0.2) is 40.9 Å². The van der Waals surface area contributed by atoms with Gasteiger partial charge in [-0.3, -0.25) is 0 Å². The first-order chi connectivity index (χ1) is 9.61. The Labute approximate surface area is 132 Å². The van der Waals surface area contributed by atoms with Crippen molar-refractivity contribution in [2.24, 2.45) is 0 Å². The van der Waals surface area contributed by atoms with Crippen LogP contribution in [0.25, 0.3) is 0 Å². The lowest BCUT2D eigenvalue weighted by molar-refractivity contribution is 0.319. The van der Waals surface area contributed by atoms with Crippen LogP contribution in [0, 0.1) is 0 Å². The van der Waals surface area contributed by atoms with Crippen LogP contribution in [0.5, 0.6) is 5.75 Å². The van der Waals surface area contributed by atoms with E-state index in [0.29, 0.717) is 23.1 Å². The predicted octanol–water partition coefficient (Wildman–Crippen LogP) is 5.22. The number of nitrogen functional groups attached to an aromatic ring is 1. The summed E-state index contributed by atoms with van der Waals surface area (Å²) in [5.74, 6) is 0.690. The van der Waals surface area contributed by atoms with Crippen LogP contribution in [0.1, 0.15) is 13.3 Å². The molecular weight excluding hydrogens is 340 g/mol. The molecule has 0 fully saturated rings. The number of rotatable bonds is 5. The summed E-state index contributed by atoms with van der Waals surface area (Å²) < 4.78 is 6.53. The number of halogens is 2. The lowest BCUT2D eigenvalue weighted by Crippen LogP contribution is -2.02. The molecule has 0 spiro atoms. The summed E-state index contributed by atoms with van der Waals surface area (Å²) in [5.41, 5.74) is 8.37. The molecule has 0 bridgehead atoms. The summed E-state index contributed by atoms with van der Waals surface area (Å²) in [6, 6.07) is 11.2. The molecule has 0 aromatic heterocycles. The number of ether oxygens (including phenoxy) is 1. The molecule has 0 unspecified atom stereocenters.